The maximum Gasteiger partial charge on any atom is 0.0679 e. The molecule has 2 unspecified atom stereocenters. The van der Waals surface area contributed by atoms with E-state index in [0.29, 0.717) is 4.08 Å². The molecule has 11 heavy (non-hydrogen) atoms. The molecule has 0 radical (unpaired) electrons. The zero-order valence-corrected chi connectivity index (χ0v) is 8.09. The minimum Gasteiger partial charge on any atom is -0.143 e. The van der Waals surface area contributed by atoms with Crippen LogP contribution in [0, 0.1) is 11.8 Å². The molecule has 1 saturated heterocycles. The maximum absolute atomic E-state index is 2.47. The SMILES string of the molecule is C1=CC2CC1CC21SCCS1. The molecule has 0 nitrogen and oxygen atoms in total. The zero-order valence-electron chi connectivity index (χ0n) is 6.45. The second-order valence-corrected chi connectivity index (χ2v) is 6.81. The first kappa shape index (κ1) is 6.90. The van der Waals surface area contributed by atoms with E-state index in [1.807, 2.05) is 0 Å². The Morgan fingerprint density at radius 1 is 1.18 bits per heavy atom. The van der Waals surface area contributed by atoms with Gasteiger partial charge < -0.3 is 0 Å². The van der Waals surface area contributed by atoms with Gasteiger partial charge in [-0.15, -0.1) is 23.5 Å². The molecular weight excluding hydrogens is 172 g/mol. The average molecular weight is 184 g/mol. The zero-order chi connectivity index (χ0) is 7.31. The van der Waals surface area contributed by atoms with Crippen LogP contribution in [0.4, 0.5) is 0 Å². The van der Waals surface area contributed by atoms with Gasteiger partial charge in [0.25, 0.3) is 0 Å². The van der Waals surface area contributed by atoms with Crippen LogP contribution in [0.3, 0.4) is 0 Å². The Labute approximate surface area is 76.2 Å². The van der Waals surface area contributed by atoms with Crippen LogP contribution in [-0.4, -0.2) is 15.6 Å². The van der Waals surface area contributed by atoms with E-state index in [4.69, 9.17) is 0 Å². The fraction of sp³-hybridized carbons (Fsp3) is 0.778. The van der Waals surface area contributed by atoms with E-state index < -0.39 is 0 Å². The fourth-order valence-electron chi connectivity index (χ4n) is 2.57. The Morgan fingerprint density at radius 2 is 2.00 bits per heavy atom. The molecule has 0 N–H and O–H groups in total. The molecule has 0 aromatic rings. The summed E-state index contributed by atoms with van der Waals surface area (Å²) in [5, 5.41) is 0. The largest absolute Gasteiger partial charge is 0.143 e. The summed E-state index contributed by atoms with van der Waals surface area (Å²) in [6.07, 6.45) is 7.83. The van der Waals surface area contributed by atoms with Gasteiger partial charge in [-0.2, -0.15) is 0 Å². The van der Waals surface area contributed by atoms with Crippen LogP contribution in [0.1, 0.15) is 12.8 Å². The van der Waals surface area contributed by atoms with Crippen molar-refractivity contribution in [3.8, 4) is 0 Å². The van der Waals surface area contributed by atoms with Crippen molar-refractivity contribution in [2.45, 2.75) is 16.9 Å². The minimum absolute atomic E-state index is 0.652. The summed E-state index contributed by atoms with van der Waals surface area (Å²) in [5.74, 6) is 4.65. The molecule has 3 rings (SSSR count). The smallest absolute Gasteiger partial charge is 0.0679 e. The number of hydrogen-bond donors (Lipinski definition) is 0. The predicted octanol–water partition coefficient (Wildman–Crippen LogP) is 2.76. The van der Waals surface area contributed by atoms with Crippen LogP contribution in [0.2, 0.25) is 0 Å². The molecule has 2 heteroatoms. The van der Waals surface area contributed by atoms with E-state index in [9.17, 15) is 0 Å². The van der Waals surface area contributed by atoms with Crippen molar-refractivity contribution in [1.29, 1.82) is 0 Å². The van der Waals surface area contributed by atoms with E-state index in [2.05, 4.69) is 35.7 Å². The normalized spacial score (nSPS) is 44.4. The summed E-state index contributed by atoms with van der Waals surface area (Å²) in [6, 6.07) is 0. The van der Waals surface area contributed by atoms with E-state index >= 15 is 0 Å². The van der Waals surface area contributed by atoms with Gasteiger partial charge in [0.15, 0.2) is 0 Å². The van der Waals surface area contributed by atoms with Crippen molar-refractivity contribution in [1.82, 2.24) is 0 Å². The molecule has 0 amide bonds. The van der Waals surface area contributed by atoms with Crippen LogP contribution in [-0.2, 0) is 0 Å². The Balaban J connectivity index is 1.94. The highest BCUT2D eigenvalue weighted by atomic mass is 32.2. The van der Waals surface area contributed by atoms with Crippen LogP contribution in [0.15, 0.2) is 12.2 Å². The lowest BCUT2D eigenvalue weighted by atomic mass is 10.1. The number of thioether (sulfide) groups is 2. The molecular formula is C9H12S2. The van der Waals surface area contributed by atoms with Crippen molar-refractivity contribution < 1.29 is 0 Å². The molecule has 2 fully saturated rings. The van der Waals surface area contributed by atoms with Crippen LogP contribution in [0.5, 0.6) is 0 Å². The number of hydrogen-bond acceptors (Lipinski definition) is 2. The highest BCUT2D eigenvalue weighted by molar-refractivity contribution is 8.21. The monoisotopic (exact) mass is 184 g/mol. The molecule has 1 saturated carbocycles. The molecule has 1 aliphatic heterocycles. The first-order chi connectivity index (χ1) is 5.39. The standard InChI is InChI=1S/C9H12S2/c1-2-8-5-7(1)6-9(8)10-3-4-11-9/h1-2,7-8H,3-6H2. The van der Waals surface area contributed by atoms with Crippen LogP contribution < -0.4 is 0 Å². The molecule has 1 spiro atoms. The second-order valence-electron chi connectivity index (χ2n) is 3.70. The fourth-order valence-corrected chi connectivity index (χ4v) is 6.20. The van der Waals surface area contributed by atoms with Gasteiger partial charge in [0.05, 0.1) is 4.08 Å². The quantitative estimate of drug-likeness (QED) is 0.531. The van der Waals surface area contributed by atoms with Gasteiger partial charge in [-0.1, -0.05) is 12.2 Å². The van der Waals surface area contributed by atoms with Gasteiger partial charge in [-0.3, -0.25) is 0 Å². The predicted molar refractivity (Wildman–Crippen MR) is 53.0 cm³/mol. The van der Waals surface area contributed by atoms with E-state index in [-0.39, 0.29) is 0 Å². The Kier molecular flexibility index (Phi) is 1.40. The Hall–Kier alpha value is 0.440. The topological polar surface area (TPSA) is 0 Å². The lowest BCUT2D eigenvalue weighted by Gasteiger charge is -2.28. The second kappa shape index (κ2) is 2.23. The third-order valence-corrected chi connectivity index (χ3v) is 6.76. The highest BCUT2D eigenvalue weighted by Gasteiger charge is 2.50. The van der Waals surface area contributed by atoms with Crippen molar-refractivity contribution >= 4 is 23.5 Å². The molecule has 2 aliphatic carbocycles. The average Bonchev–Trinajstić information content (AvgIpc) is 2.64. The van der Waals surface area contributed by atoms with Crippen LogP contribution in [0.25, 0.3) is 0 Å². The summed E-state index contributed by atoms with van der Waals surface area (Å²) in [5.41, 5.74) is 0. The summed E-state index contributed by atoms with van der Waals surface area (Å²) in [4.78, 5) is 0. The van der Waals surface area contributed by atoms with Crippen molar-refractivity contribution in [2.24, 2.45) is 11.8 Å². The number of allylic oxidation sites excluding steroid dienone is 2. The van der Waals surface area contributed by atoms with Gasteiger partial charge in [0, 0.05) is 17.4 Å². The first-order valence-corrected chi connectivity index (χ1v) is 6.32. The lowest BCUT2D eigenvalue weighted by Crippen LogP contribution is -2.22. The molecule has 2 atom stereocenters. The molecule has 2 bridgehead atoms. The molecule has 60 valence electrons. The number of rotatable bonds is 0. The maximum atomic E-state index is 2.47. The lowest BCUT2D eigenvalue weighted by molar-refractivity contribution is 0.678. The summed E-state index contributed by atoms with van der Waals surface area (Å²) < 4.78 is 0.652. The molecule has 1 heterocycles. The van der Waals surface area contributed by atoms with Crippen molar-refractivity contribution in [3.63, 3.8) is 0 Å². The third kappa shape index (κ3) is 0.858. The van der Waals surface area contributed by atoms with Gasteiger partial charge in [0.1, 0.15) is 0 Å². The molecule has 3 aliphatic rings. The number of fused-ring (bicyclic) bond motifs is 3. The van der Waals surface area contributed by atoms with Gasteiger partial charge in [-0.05, 0) is 18.8 Å². The Morgan fingerprint density at radius 3 is 2.55 bits per heavy atom. The van der Waals surface area contributed by atoms with E-state index in [0.717, 1.165) is 11.8 Å². The summed E-state index contributed by atoms with van der Waals surface area (Å²) in [6.45, 7) is 0. The van der Waals surface area contributed by atoms with Gasteiger partial charge in [-0.25, -0.2) is 0 Å². The minimum atomic E-state index is 0.652. The van der Waals surface area contributed by atoms with Crippen LogP contribution >= 0.6 is 23.5 Å². The van der Waals surface area contributed by atoms with Crippen molar-refractivity contribution in [2.75, 3.05) is 11.5 Å². The van der Waals surface area contributed by atoms with Crippen molar-refractivity contribution in [3.05, 3.63) is 12.2 Å². The first-order valence-electron chi connectivity index (χ1n) is 4.35. The van der Waals surface area contributed by atoms with Gasteiger partial charge in [0.2, 0.25) is 0 Å². The molecule has 0 aromatic heterocycles. The van der Waals surface area contributed by atoms with E-state index in [1.54, 1.807) is 0 Å². The summed E-state index contributed by atoms with van der Waals surface area (Å²) in [7, 11) is 0. The highest BCUT2D eigenvalue weighted by Crippen LogP contribution is 2.62. The summed E-state index contributed by atoms with van der Waals surface area (Å²) >= 11 is 4.45. The molecule has 0 aromatic carbocycles. The van der Waals surface area contributed by atoms with Gasteiger partial charge >= 0.3 is 0 Å². The Bertz CT molecular complexity index is 204. The van der Waals surface area contributed by atoms with E-state index in [1.165, 1.54) is 24.3 Å². The third-order valence-electron chi connectivity index (χ3n) is 3.06.